The molecule has 2 nitrogen and oxygen atoms in total. The fourth-order valence-corrected chi connectivity index (χ4v) is 3.14. The molecular formula is C15H15BrO2S. The molecule has 2 rings (SSSR count). The Morgan fingerprint density at radius 3 is 2.63 bits per heavy atom. The molecule has 4 heteroatoms. The maximum absolute atomic E-state index is 12.3. The highest BCUT2D eigenvalue weighted by molar-refractivity contribution is 9.10. The van der Waals surface area contributed by atoms with Crippen LogP contribution in [0.15, 0.2) is 28.7 Å². The molecule has 100 valence electrons. The van der Waals surface area contributed by atoms with Gasteiger partial charge in [-0.25, -0.2) is 0 Å². The van der Waals surface area contributed by atoms with Crippen molar-refractivity contribution >= 4 is 33.0 Å². The number of carbonyl (C=O) groups excluding carboxylic acids is 1. The lowest BCUT2D eigenvalue weighted by molar-refractivity contribution is 0.0996. The predicted octanol–water partition coefficient (Wildman–Crippen LogP) is 4.56. The van der Waals surface area contributed by atoms with E-state index in [1.807, 2.05) is 38.1 Å². The molecule has 0 saturated heterocycles. The zero-order valence-corrected chi connectivity index (χ0v) is 13.5. The number of ketones is 1. The number of halogens is 1. The number of rotatable bonds is 4. The van der Waals surface area contributed by atoms with E-state index in [0.29, 0.717) is 6.42 Å². The summed E-state index contributed by atoms with van der Waals surface area (Å²) >= 11 is 5.04. The van der Waals surface area contributed by atoms with Gasteiger partial charge in [-0.15, -0.1) is 11.3 Å². The number of Topliss-reactive ketones (excluding diaryl/α,β-unsaturated/α-hetero) is 1. The number of thiophene rings is 1. The average molecular weight is 339 g/mol. The van der Waals surface area contributed by atoms with Crippen molar-refractivity contribution in [3.05, 3.63) is 49.6 Å². The summed E-state index contributed by atoms with van der Waals surface area (Å²) in [5.74, 6) is 0.916. The first kappa shape index (κ1) is 14.3. The number of carbonyl (C=O) groups is 1. The highest BCUT2D eigenvalue weighted by atomic mass is 79.9. The molecular weight excluding hydrogens is 324 g/mol. The number of benzene rings is 1. The van der Waals surface area contributed by atoms with Gasteiger partial charge in [-0.05, 0) is 49.2 Å². The zero-order chi connectivity index (χ0) is 14.0. The fourth-order valence-electron chi connectivity index (χ4n) is 1.78. The van der Waals surface area contributed by atoms with Gasteiger partial charge in [0, 0.05) is 15.8 Å². The minimum atomic E-state index is 0.148. The molecule has 0 radical (unpaired) electrons. The third-order valence-electron chi connectivity index (χ3n) is 3.04. The number of ether oxygens (including phenoxy) is 1. The van der Waals surface area contributed by atoms with E-state index < -0.39 is 0 Å². The van der Waals surface area contributed by atoms with Crippen LogP contribution in [0.4, 0.5) is 0 Å². The normalized spacial score (nSPS) is 10.5. The number of hydrogen-bond acceptors (Lipinski definition) is 3. The van der Waals surface area contributed by atoms with Gasteiger partial charge in [0.2, 0.25) is 0 Å². The second kappa shape index (κ2) is 5.88. The van der Waals surface area contributed by atoms with Crippen LogP contribution in [0.1, 0.15) is 25.7 Å². The van der Waals surface area contributed by atoms with Crippen LogP contribution >= 0.6 is 27.3 Å². The summed E-state index contributed by atoms with van der Waals surface area (Å²) < 4.78 is 6.13. The second-order valence-corrected chi connectivity index (χ2v) is 6.52. The topological polar surface area (TPSA) is 26.3 Å². The number of hydrogen-bond donors (Lipinski definition) is 0. The van der Waals surface area contributed by atoms with Gasteiger partial charge in [-0.1, -0.05) is 15.9 Å². The summed E-state index contributed by atoms with van der Waals surface area (Å²) in [5.41, 5.74) is 2.13. The van der Waals surface area contributed by atoms with Crippen molar-refractivity contribution in [2.45, 2.75) is 20.3 Å². The Morgan fingerprint density at radius 1 is 1.32 bits per heavy atom. The zero-order valence-electron chi connectivity index (χ0n) is 11.1. The Morgan fingerprint density at radius 2 is 2.05 bits per heavy atom. The molecule has 0 aliphatic carbocycles. The minimum absolute atomic E-state index is 0.148. The minimum Gasteiger partial charge on any atom is -0.497 e. The molecule has 2 aromatic rings. The molecule has 0 spiro atoms. The third-order valence-corrected chi connectivity index (χ3v) is 5.01. The molecule has 0 atom stereocenters. The molecule has 0 aliphatic rings. The first-order valence-corrected chi connectivity index (χ1v) is 7.55. The molecule has 0 amide bonds. The smallest absolute Gasteiger partial charge is 0.177 e. The van der Waals surface area contributed by atoms with E-state index in [2.05, 4.69) is 15.9 Å². The van der Waals surface area contributed by atoms with Gasteiger partial charge in [0.15, 0.2) is 5.78 Å². The number of aryl methyl sites for hydroxylation is 2. The van der Waals surface area contributed by atoms with Gasteiger partial charge in [-0.2, -0.15) is 0 Å². The lowest BCUT2D eigenvalue weighted by Gasteiger charge is -2.06. The molecule has 0 unspecified atom stereocenters. The number of methoxy groups -OCH3 is 1. The third kappa shape index (κ3) is 3.25. The molecule has 1 aromatic heterocycles. The van der Waals surface area contributed by atoms with Crippen molar-refractivity contribution in [2.75, 3.05) is 7.11 Å². The maximum Gasteiger partial charge on any atom is 0.177 e. The van der Waals surface area contributed by atoms with E-state index in [9.17, 15) is 4.79 Å². The lowest BCUT2D eigenvalue weighted by atomic mass is 10.1. The predicted molar refractivity (Wildman–Crippen MR) is 82.5 cm³/mol. The van der Waals surface area contributed by atoms with E-state index in [1.165, 1.54) is 10.4 Å². The van der Waals surface area contributed by atoms with E-state index in [4.69, 9.17) is 4.74 Å². The SMILES string of the molecule is COc1ccc(Br)c(CC(=O)c2cc(C)c(C)s2)c1. The molecule has 0 fully saturated rings. The van der Waals surface area contributed by atoms with E-state index in [1.54, 1.807) is 18.4 Å². The fraction of sp³-hybridized carbons (Fsp3) is 0.267. The Labute approximate surface area is 125 Å². The highest BCUT2D eigenvalue weighted by Crippen LogP contribution is 2.26. The van der Waals surface area contributed by atoms with Crippen LogP contribution in [-0.2, 0) is 6.42 Å². The second-order valence-electron chi connectivity index (χ2n) is 4.41. The molecule has 0 N–H and O–H groups in total. The first-order valence-electron chi connectivity index (χ1n) is 5.94. The molecule has 1 heterocycles. The monoisotopic (exact) mass is 338 g/mol. The van der Waals surface area contributed by atoms with E-state index >= 15 is 0 Å². The Balaban J connectivity index is 2.23. The van der Waals surface area contributed by atoms with Gasteiger partial charge >= 0.3 is 0 Å². The average Bonchev–Trinajstić information content (AvgIpc) is 2.72. The van der Waals surface area contributed by atoms with Crippen LogP contribution in [0, 0.1) is 13.8 Å². The maximum atomic E-state index is 12.3. The summed E-state index contributed by atoms with van der Waals surface area (Å²) in [4.78, 5) is 14.3. The van der Waals surface area contributed by atoms with Crippen LogP contribution in [0.25, 0.3) is 0 Å². The molecule has 0 aliphatic heterocycles. The molecule has 19 heavy (non-hydrogen) atoms. The van der Waals surface area contributed by atoms with Crippen LogP contribution in [-0.4, -0.2) is 12.9 Å². The van der Waals surface area contributed by atoms with E-state index in [0.717, 1.165) is 20.7 Å². The summed E-state index contributed by atoms with van der Waals surface area (Å²) in [6.45, 7) is 4.07. The van der Waals surface area contributed by atoms with Crippen molar-refractivity contribution < 1.29 is 9.53 Å². The van der Waals surface area contributed by atoms with Crippen molar-refractivity contribution in [2.24, 2.45) is 0 Å². The van der Waals surface area contributed by atoms with Crippen LogP contribution < -0.4 is 4.74 Å². The Kier molecular flexibility index (Phi) is 4.42. The summed E-state index contributed by atoms with van der Waals surface area (Å²) in [7, 11) is 1.63. The molecule has 0 saturated carbocycles. The summed E-state index contributed by atoms with van der Waals surface area (Å²) in [5, 5.41) is 0. The molecule has 0 bridgehead atoms. The lowest BCUT2D eigenvalue weighted by Crippen LogP contribution is -2.02. The van der Waals surface area contributed by atoms with Gasteiger partial charge in [0.05, 0.1) is 12.0 Å². The Hall–Kier alpha value is -1.13. The van der Waals surface area contributed by atoms with Crippen LogP contribution in [0.2, 0.25) is 0 Å². The van der Waals surface area contributed by atoms with Crippen molar-refractivity contribution in [3.63, 3.8) is 0 Å². The highest BCUT2D eigenvalue weighted by Gasteiger charge is 2.13. The van der Waals surface area contributed by atoms with E-state index in [-0.39, 0.29) is 5.78 Å². The first-order chi connectivity index (χ1) is 9.01. The Bertz CT molecular complexity index is 597. The van der Waals surface area contributed by atoms with Gasteiger partial charge in [-0.3, -0.25) is 4.79 Å². The van der Waals surface area contributed by atoms with Gasteiger partial charge in [0.25, 0.3) is 0 Å². The van der Waals surface area contributed by atoms with Crippen molar-refractivity contribution in [1.82, 2.24) is 0 Å². The summed E-state index contributed by atoms with van der Waals surface area (Å²) in [6.07, 6.45) is 0.386. The summed E-state index contributed by atoms with van der Waals surface area (Å²) in [6, 6.07) is 7.65. The van der Waals surface area contributed by atoms with Gasteiger partial charge < -0.3 is 4.74 Å². The van der Waals surface area contributed by atoms with Crippen LogP contribution in [0.3, 0.4) is 0 Å². The quantitative estimate of drug-likeness (QED) is 0.763. The largest absolute Gasteiger partial charge is 0.497 e. The molecule has 1 aromatic carbocycles. The van der Waals surface area contributed by atoms with Crippen LogP contribution in [0.5, 0.6) is 5.75 Å². The van der Waals surface area contributed by atoms with Crippen molar-refractivity contribution in [1.29, 1.82) is 0 Å². The standard InChI is InChI=1S/C15H15BrO2S/c1-9-6-15(19-10(9)2)14(17)8-11-7-12(18-3)4-5-13(11)16/h4-7H,8H2,1-3H3. The van der Waals surface area contributed by atoms with Crippen molar-refractivity contribution in [3.8, 4) is 5.75 Å². The van der Waals surface area contributed by atoms with Gasteiger partial charge in [0.1, 0.15) is 5.75 Å².